The standard InChI is InChI=1S/C15H21N5O2/c1-2-22-10-14(21)19-8-5-12(6-9-19)18-13-4-3-7-20-15(13)16-11-17-20/h3-4,7,11-12,18H,2,5-6,8-10H2,1H3. The van der Waals surface area contributed by atoms with Gasteiger partial charge < -0.3 is 15.0 Å². The normalized spacial score (nSPS) is 16.1. The second-order valence-corrected chi connectivity index (χ2v) is 5.39. The molecule has 7 heteroatoms. The Bertz CT molecular complexity index is 634. The van der Waals surface area contributed by atoms with Crippen molar-refractivity contribution in [1.82, 2.24) is 19.5 Å². The minimum Gasteiger partial charge on any atom is -0.379 e. The van der Waals surface area contributed by atoms with Crippen LogP contribution >= 0.6 is 0 Å². The third kappa shape index (κ3) is 3.19. The van der Waals surface area contributed by atoms with E-state index in [2.05, 4.69) is 15.4 Å². The average Bonchev–Trinajstić information content (AvgIpc) is 3.03. The molecule has 0 aliphatic carbocycles. The summed E-state index contributed by atoms with van der Waals surface area (Å²) in [7, 11) is 0. The first-order valence-corrected chi connectivity index (χ1v) is 7.68. The fourth-order valence-corrected chi connectivity index (χ4v) is 2.73. The van der Waals surface area contributed by atoms with Crippen molar-refractivity contribution in [2.75, 3.05) is 31.6 Å². The van der Waals surface area contributed by atoms with Gasteiger partial charge >= 0.3 is 0 Å². The van der Waals surface area contributed by atoms with Crippen LogP contribution in [0.25, 0.3) is 5.65 Å². The van der Waals surface area contributed by atoms with E-state index in [-0.39, 0.29) is 12.5 Å². The molecule has 3 rings (SSSR count). The number of fused-ring (bicyclic) bond motifs is 1. The van der Waals surface area contributed by atoms with Gasteiger partial charge in [0, 0.05) is 31.9 Å². The zero-order chi connectivity index (χ0) is 15.4. The van der Waals surface area contributed by atoms with Crippen LogP contribution < -0.4 is 5.32 Å². The molecule has 1 aliphatic heterocycles. The first-order valence-electron chi connectivity index (χ1n) is 7.68. The fourth-order valence-electron chi connectivity index (χ4n) is 2.73. The van der Waals surface area contributed by atoms with Crippen LogP contribution in [-0.4, -0.2) is 57.8 Å². The van der Waals surface area contributed by atoms with Crippen LogP contribution in [0.5, 0.6) is 0 Å². The number of hydrogen-bond acceptors (Lipinski definition) is 5. The maximum atomic E-state index is 11.9. The minimum absolute atomic E-state index is 0.0832. The number of hydrogen-bond donors (Lipinski definition) is 1. The smallest absolute Gasteiger partial charge is 0.248 e. The van der Waals surface area contributed by atoms with Gasteiger partial charge in [0.05, 0.1) is 5.69 Å². The number of pyridine rings is 1. The van der Waals surface area contributed by atoms with Crippen molar-refractivity contribution in [3.8, 4) is 0 Å². The van der Waals surface area contributed by atoms with Gasteiger partial charge in [0.2, 0.25) is 5.91 Å². The number of nitrogens with one attached hydrogen (secondary N) is 1. The zero-order valence-electron chi connectivity index (χ0n) is 12.7. The molecule has 3 heterocycles. The molecule has 7 nitrogen and oxygen atoms in total. The van der Waals surface area contributed by atoms with Gasteiger partial charge in [-0.3, -0.25) is 4.79 Å². The number of ether oxygens (including phenoxy) is 1. The van der Waals surface area contributed by atoms with Crippen molar-refractivity contribution in [2.45, 2.75) is 25.8 Å². The molecular formula is C15H21N5O2. The number of aromatic nitrogens is 3. The van der Waals surface area contributed by atoms with Crippen molar-refractivity contribution in [2.24, 2.45) is 0 Å². The number of amides is 1. The van der Waals surface area contributed by atoms with E-state index in [1.165, 1.54) is 0 Å². The molecule has 1 aliphatic rings. The molecular weight excluding hydrogens is 282 g/mol. The number of rotatable bonds is 5. The summed E-state index contributed by atoms with van der Waals surface area (Å²) in [6.07, 6.45) is 5.28. The summed E-state index contributed by atoms with van der Waals surface area (Å²) < 4.78 is 6.94. The second-order valence-electron chi connectivity index (χ2n) is 5.39. The summed E-state index contributed by atoms with van der Waals surface area (Å²) in [6.45, 7) is 4.19. The lowest BCUT2D eigenvalue weighted by Gasteiger charge is -2.32. The van der Waals surface area contributed by atoms with E-state index in [1.54, 1.807) is 10.8 Å². The average molecular weight is 303 g/mol. The fraction of sp³-hybridized carbons (Fsp3) is 0.533. The predicted molar refractivity (Wildman–Crippen MR) is 82.7 cm³/mol. The van der Waals surface area contributed by atoms with Gasteiger partial charge in [-0.1, -0.05) is 0 Å². The van der Waals surface area contributed by atoms with Crippen LogP contribution in [0.4, 0.5) is 5.69 Å². The van der Waals surface area contributed by atoms with E-state index in [0.717, 1.165) is 37.3 Å². The molecule has 0 aromatic carbocycles. The summed E-state index contributed by atoms with van der Waals surface area (Å²) in [4.78, 5) is 18.1. The number of nitrogens with zero attached hydrogens (tertiary/aromatic N) is 4. The van der Waals surface area contributed by atoms with Gasteiger partial charge in [-0.15, -0.1) is 0 Å². The maximum absolute atomic E-state index is 11.9. The van der Waals surface area contributed by atoms with E-state index < -0.39 is 0 Å². The SMILES string of the molecule is CCOCC(=O)N1CCC(Nc2cccn3ncnc23)CC1. The van der Waals surface area contributed by atoms with Crippen molar-refractivity contribution < 1.29 is 9.53 Å². The summed E-state index contributed by atoms with van der Waals surface area (Å²) in [6, 6.07) is 4.31. The van der Waals surface area contributed by atoms with Crippen molar-refractivity contribution in [1.29, 1.82) is 0 Å². The molecule has 2 aromatic heterocycles. The van der Waals surface area contributed by atoms with Crippen molar-refractivity contribution in [3.05, 3.63) is 24.7 Å². The lowest BCUT2D eigenvalue weighted by molar-refractivity contribution is -0.136. The van der Waals surface area contributed by atoms with Crippen molar-refractivity contribution in [3.63, 3.8) is 0 Å². The Hall–Kier alpha value is -2.15. The molecule has 0 saturated carbocycles. The first kappa shape index (κ1) is 14.8. The second kappa shape index (κ2) is 6.74. The first-order chi connectivity index (χ1) is 10.8. The summed E-state index contributed by atoms with van der Waals surface area (Å²) in [5.41, 5.74) is 1.82. The molecule has 0 atom stereocenters. The van der Waals surface area contributed by atoms with Crippen LogP contribution in [0.15, 0.2) is 24.7 Å². The topological polar surface area (TPSA) is 71.8 Å². The lowest BCUT2D eigenvalue weighted by Crippen LogP contribution is -2.43. The Kier molecular flexibility index (Phi) is 4.53. The summed E-state index contributed by atoms with van der Waals surface area (Å²) in [5.74, 6) is 0.0832. The molecule has 1 N–H and O–H groups in total. The van der Waals surface area contributed by atoms with Crippen LogP contribution in [0, 0.1) is 0 Å². The highest BCUT2D eigenvalue weighted by Gasteiger charge is 2.23. The molecule has 0 radical (unpaired) electrons. The number of likely N-dealkylation sites (tertiary alicyclic amines) is 1. The van der Waals surface area contributed by atoms with E-state index in [4.69, 9.17) is 4.74 Å². The molecule has 1 saturated heterocycles. The molecule has 0 unspecified atom stereocenters. The number of piperidine rings is 1. The van der Waals surface area contributed by atoms with E-state index in [9.17, 15) is 4.79 Å². The quantitative estimate of drug-likeness (QED) is 0.897. The molecule has 0 spiro atoms. The highest BCUT2D eigenvalue weighted by molar-refractivity contribution is 5.77. The molecule has 2 aromatic rings. The van der Waals surface area contributed by atoms with Crippen molar-refractivity contribution >= 4 is 17.2 Å². The van der Waals surface area contributed by atoms with Gasteiger partial charge in [-0.05, 0) is 31.9 Å². The number of carbonyl (C=O) groups excluding carboxylic acids is 1. The van der Waals surface area contributed by atoms with Gasteiger partial charge in [-0.2, -0.15) is 5.10 Å². The van der Waals surface area contributed by atoms with Gasteiger partial charge in [0.25, 0.3) is 0 Å². The van der Waals surface area contributed by atoms with Crippen LogP contribution in [0.2, 0.25) is 0 Å². The Morgan fingerprint density at radius 3 is 3.05 bits per heavy atom. The van der Waals surface area contributed by atoms with Crippen LogP contribution in [-0.2, 0) is 9.53 Å². The highest BCUT2D eigenvalue weighted by atomic mass is 16.5. The van der Waals surface area contributed by atoms with Crippen LogP contribution in [0.1, 0.15) is 19.8 Å². The van der Waals surface area contributed by atoms with E-state index >= 15 is 0 Å². The Labute approximate surface area is 129 Å². The van der Waals surface area contributed by atoms with E-state index in [1.807, 2.05) is 30.2 Å². The van der Waals surface area contributed by atoms with E-state index in [0.29, 0.717) is 12.6 Å². The third-order valence-electron chi connectivity index (χ3n) is 3.94. The maximum Gasteiger partial charge on any atom is 0.248 e. The zero-order valence-corrected chi connectivity index (χ0v) is 12.7. The van der Waals surface area contributed by atoms with Crippen LogP contribution in [0.3, 0.4) is 0 Å². The number of carbonyl (C=O) groups is 1. The number of anilines is 1. The Morgan fingerprint density at radius 1 is 1.45 bits per heavy atom. The Morgan fingerprint density at radius 2 is 2.27 bits per heavy atom. The molecule has 0 bridgehead atoms. The molecule has 118 valence electrons. The largest absolute Gasteiger partial charge is 0.379 e. The monoisotopic (exact) mass is 303 g/mol. The molecule has 1 amide bonds. The molecule has 22 heavy (non-hydrogen) atoms. The molecule has 1 fully saturated rings. The highest BCUT2D eigenvalue weighted by Crippen LogP contribution is 2.19. The van der Waals surface area contributed by atoms with Gasteiger partial charge in [0.1, 0.15) is 12.9 Å². The lowest BCUT2D eigenvalue weighted by atomic mass is 10.0. The summed E-state index contributed by atoms with van der Waals surface area (Å²) in [5, 5.41) is 7.66. The minimum atomic E-state index is 0.0832. The predicted octanol–water partition coefficient (Wildman–Crippen LogP) is 1.17. The van der Waals surface area contributed by atoms with Gasteiger partial charge in [0.15, 0.2) is 5.65 Å². The Balaban J connectivity index is 1.56. The summed E-state index contributed by atoms with van der Waals surface area (Å²) >= 11 is 0. The van der Waals surface area contributed by atoms with Gasteiger partial charge in [-0.25, -0.2) is 9.50 Å². The third-order valence-corrected chi connectivity index (χ3v) is 3.94.